The molecule has 0 heterocycles. The summed E-state index contributed by atoms with van der Waals surface area (Å²) in [5, 5.41) is 0. The van der Waals surface area contributed by atoms with E-state index in [1.54, 1.807) is 0 Å². The summed E-state index contributed by atoms with van der Waals surface area (Å²) in [6, 6.07) is 18.8. The second-order valence-corrected chi connectivity index (χ2v) is 6.80. The smallest absolute Gasteiger partial charge is 0.230 e. The van der Waals surface area contributed by atoms with Crippen LogP contribution in [0.3, 0.4) is 0 Å². The molecule has 0 radical (unpaired) electrons. The Morgan fingerprint density at radius 3 is 2.60 bits per heavy atom. The molecule has 0 saturated heterocycles. The Hall–Kier alpha value is -2.29. The Kier molecular flexibility index (Phi) is 5.75. The highest BCUT2D eigenvalue weighted by molar-refractivity contribution is 5.84. The van der Waals surface area contributed by atoms with E-state index in [1.807, 2.05) is 54.4 Å². The Bertz CT molecular complexity index is 694. The van der Waals surface area contributed by atoms with Crippen LogP contribution in [0.25, 0.3) is 0 Å². The molecule has 25 heavy (non-hydrogen) atoms. The maximum Gasteiger partial charge on any atom is 0.230 e. The number of rotatable bonds is 8. The van der Waals surface area contributed by atoms with Gasteiger partial charge in [0.2, 0.25) is 5.91 Å². The van der Waals surface area contributed by atoms with E-state index in [1.165, 1.54) is 5.56 Å². The van der Waals surface area contributed by atoms with Crippen molar-refractivity contribution in [3.63, 3.8) is 0 Å². The van der Waals surface area contributed by atoms with Crippen molar-refractivity contribution in [3.05, 3.63) is 65.7 Å². The van der Waals surface area contributed by atoms with Gasteiger partial charge in [0.25, 0.3) is 0 Å². The summed E-state index contributed by atoms with van der Waals surface area (Å²) in [4.78, 5) is 14.7. The SMILES string of the molecule is CCC(C(=O)N(C)C1CC1)c1cccc(OCCc2ccccc2)c1. The molecule has 1 aliphatic rings. The topological polar surface area (TPSA) is 29.5 Å². The highest BCUT2D eigenvalue weighted by Gasteiger charge is 2.33. The lowest BCUT2D eigenvalue weighted by Gasteiger charge is -2.23. The lowest BCUT2D eigenvalue weighted by molar-refractivity contribution is -0.132. The molecule has 1 fully saturated rings. The van der Waals surface area contributed by atoms with E-state index in [-0.39, 0.29) is 11.8 Å². The normalized spacial score (nSPS) is 14.8. The summed E-state index contributed by atoms with van der Waals surface area (Å²) in [6.07, 6.45) is 3.97. The van der Waals surface area contributed by atoms with Crippen LogP contribution in [0.4, 0.5) is 0 Å². The van der Waals surface area contributed by atoms with E-state index in [2.05, 4.69) is 19.1 Å². The zero-order valence-electron chi connectivity index (χ0n) is 15.2. The van der Waals surface area contributed by atoms with Crippen LogP contribution in [0.5, 0.6) is 5.75 Å². The Morgan fingerprint density at radius 2 is 1.92 bits per heavy atom. The summed E-state index contributed by atoms with van der Waals surface area (Å²) in [7, 11) is 1.93. The van der Waals surface area contributed by atoms with Crippen molar-refractivity contribution < 1.29 is 9.53 Å². The lowest BCUT2D eigenvalue weighted by atomic mass is 9.95. The summed E-state index contributed by atoms with van der Waals surface area (Å²) in [5.41, 5.74) is 2.32. The van der Waals surface area contributed by atoms with Gasteiger partial charge in [-0.2, -0.15) is 0 Å². The molecular weight excluding hydrogens is 310 g/mol. The summed E-state index contributed by atoms with van der Waals surface area (Å²) >= 11 is 0. The Labute approximate surface area is 150 Å². The van der Waals surface area contributed by atoms with E-state index in [0.717, 1.165) is 37.0 Å². The monoisotopic (exact) mass is 337 g/mol. The molecule has 2 aromatic rings. The predicted molar refractivity (Wildman–Crippen MR) is 101 cm³/mol. The fourth-order valence-electron chi connectivity index (χ4n) is 3.19. The molecule has 2 aromatic carbocycles. The molecule has 0 N–H and O–H groups in total. The zero-order chi connectivity index (χ0) is 17.6. The quantitative estimate of drug-likeness (QED) is 0.713. The molecular formula is C22H27NO2. The van der Waals surface area contributed by atoms with Gasteiger partial charge in [0.1, 0.15) is 5.75 Å². The standard InChI is InChI=1S/C22H27NO2/c1-3-21(22(24)23(2)19-12-13-19)18-10-7-11-20(16-18)25-15-14-17-8-5-4-6-9-17/h4-11,16,19,21H,3,12-15H2,1-2H3. The van der Waals surface area contributed by atoms with Gasteiger partial charge in [0.15, 0.2) is 0 Å². The second-order valence-electron chi connectivity index (χ2n) is 6.80. The molecule has 3 rings (SSSR count). The molecule has 1 amide bonds. The van der Waals surface area contributed by atoms with Crippen LogP contribution in [0.1, 0.15) is 43.2 Å². The Balaban J connectivity index is 1.62. The first-order chi connectivity index (χ1) is 12.2. The van der Waals surface area contributed by atoms with Gasteiger partial charge in [-0.1, -0.05) is 49.4 Å². The molecule has 0 aliphatic heterocycles. The van der Waals surface area contributed by atoms with E-state index < -0.39 is 0 Å². The van der Waals surface area contributed by atoms with Crippen LogP contribution in [0.15, 0.2) is 54.6 Å². The van der Waals surface area contributed by atoms with Gasteiger partial charge in [0, 0.05) is 19.5 Å². The highest BCUT2D eigenvalue weighted by Crippen LogP contribution is 2.31. The summed E-state index contributed by atoms with van der Waals surface area (Å²) in [6.45, 7) is 2.71. The number of carbonyl (C=O) groups excluding carboxylic acids is 1. The van der Waals surface area contributed by atoms with Gasteiger partial charge < -0.3 is 9.64 Å². The number of hydrogen-bond donors (Lipinski definition) is 0. The second kappa shape index (κ2) is 8.19. The molecule has 1 unspecified atom stereocenters. The first kappa shape index (κ1) is 17.5. The van der Waals surface area contributed by atoms with Crippen molar-refractivity contribution in [2.75, 3.05) is 13.7 Å². The minimum atomic E-state index is -0.0803. The first-order valence-electron chi connectivity index (χ1n) is 9.22. The van der Waals surface area contributed by atoms with Gasteiger partial charge in [-0.25, -0.2) is 0 Å². The molecule has 1 atom stereocenters. The molecule has 0 spiro atoms. The van der Waals surface area contributed by atoms with E-state index in [4.69, 9.17) is 4.74 Å². The van der Waals surface area contributed by atoms with Crippen molar-refractivity contribution in [1.82, 2.24) is 4.90 Å². The van der Waals surface area contributed by atoms with Crippen LogP contribution < -0.4 is 4.74 Å². The van der Waals surface area contributed by atoms with E-state index >= 15 is 0 Å². The van der Waals surface area contributed by atoms with Crippen molar-refractivity contribution in [2.45, 2.75) is 44.6 Å². The van der Waals surface area contributed by atoms with Crippen LogP contribution in [-0.4, -0.2) is 30.5 Å². The molecule has 0 bridgehead atoms. The largest absolute Gasteiger partial charge is 0.493 e. The minimum absolute atomic E-state index is 0.0803. The van der Waals surface area contributed by atoms with Gasteiger partial charge in [-0.15, -0.1) is 0 Å². The third-order valence-electron chi connectivity index (χ3n) is 4.91. The van der Waals surface area contributed by atoms with Gasteiger partial charge >= 0.3 is 0 Å². The van der Waals surface area contributed by atoms with Crippen LogP contribution in [-0.2, 0) is 11.2 Å². The number of ether oxygens (including phenoxy) is 1. The predicted octanol–water partition coefficient (Wildman–Crippen LogP) is 4.42. The zero-order valence-corrected chi connectivity index (χ0v) is 15.2. The van der Waals surface area contributed by atoms with Gasteiger partial charge in [-0.05, 0) is 42.5 Å². The fourth-order valence-corrected chi connectivity index (χ4v) is 3.19. The molecule has 1 saturated carbocycles. The molecule has 3 nitrogen and oxygen atoms in total. The summed E-state index contributed by atoms with van der Waals surface area (Å²) in [5.74, 6) is 0.989. The maximum atomic E-state index is 12.8. The molecule has 132 valence electrons. The van der Waals surface area contributed by atoms with Crippen molar-refractivity contribution in [1.29, 1.82) is 0 Å². The minimum Gasteiger partial charge on any atom is -0.493 e. The van der Waals surface area contributed by atoms with E-state index in [9.17, 15) is 4.79 Å². The van der Waals surface area contributed by atoms with E-state index in [0.29, 0.717) is 12.6 Å². The number of amides is 1. The molecule has 0 aromatic heterocycles. The van der Waals surface area contributed by atoms with Crippen molar-refractivity contribution >= 4 is 5.91 Å². The Morgan fingerprint density at radius 1 is 1.16 bits per heavy atom. The summed E-state index contributed by atoms with van der Waals surface area (Å²) < 4.78 is 5.92. The lowest BCUT2D eigenvalue weighted by Crippen LogP contribution is -2.33. The first-order valence-corrected chi connectivity index (χ1v) is 9.22. The average molecular weight is 337 g/mol. The fraction of sp³-hybridized carbons (Fsp3) is 0.409. The number of nitrogens with zero attached hydrogens (tertiary/aromatic N) is 1. The number of likely N-dealkylation sites (N-methyl/N-ethyl adjacent to an activating group) is 1. The number of carbonyl (C=O) groups is 1. The van der Waals surface area contributed by atoms with Gasteiger partial charge in [0.05, 0.1) is 12.5 Å². The third-order valence-corrected chi connectivity index (χ3v) is 4.91. The number of benzene rings is 2. The third kappa shape index (κ3) is 4.62. The average Bonchev–Trinajstić information content (AvgIpc) is 3.48. The van der Waals surface area contributed by atoms with Gasteiger partial charge in [-0.3, -0.25) is 4.79 Å². The van der Waals surface area contributed by atoms with Crippen LogP contribution >= 0.6 is 0 Å². The molecule has 3 heteroatoms. The molecule has 1 aliphatic carbocycles. The maximum absolute atomic E-state index is 12.8. The highest BCUT2D eigenvalue weighted by atomic mass is 16.5. The van der Waals surface area contributed by atoms with Crippen molar-refractivity contribution in [3.8, 4) is 5.75 Å². The van der Waals surface area contributed by atoms with Crippen molar-refractivity contribution in [2.24, 2.45) is 0 Å². The number of hydrogen-bond acceptors (Lipinski definition) is 2. The van der Waals surface area contributed by atoms with Crippen LogP contribution in [0, 0.1) is 0 Å². The van der Waals surface area contributed by atoms with Crippen LogP contribution in [0.2, 0.25) is 0 Å².